The Morgan fingerprint density at radius 3 is 2.74 bits per heavy atom. The molecule has 0 bridgehead atoms. The van der Waals surface area contributed by atoms with Crippen LogP contribution in [0.2, 0.25) is 0 Å². The highest BCUT2D eigenvalue weighted by Gasteiger charge is 2.41. The maximum atomic E-state index is 11.7. The van der Waals surface area contributed by atoms with Gasteiger partial charge in [0, 0.05) is 23.8 Å². The first kappa shape index (κ1) is 14.5. The van der Waals surface area contributed by atoms with Crippen LogP contribution in [-0.2, 0) is 21.9 Å². The Kier molecular flexibility index (Phi) is 3.75. The van der Waals surface area contributed by atoms with Crippen molar-refractivity contribution in [2.45, 2.75) is 52.2 Å². The second-order valence-electron chi connectivity index (χ2n) is 6.04. The smallest absolute Gasteiger partial charge is 0.152 e. The van der Waals surface area contributed by atoms with Gasteiger partial charge in [0.25, 0.3) is 0 Å². The van der Waals surface area contributed by atoms with Gasteiger partial charge in [-0.05, 0) is 20.3 Å². The van der Waals surface area contributed by atoms with Gasteiger partial charge in [0.05, 0.1) is 23.2 Å². The summed E-state index contributed by atoms with van der Waals surface area (Å²) in [6.45, 7) is 8.97. The summed E-state index contributed by atoms with van der Waals surface area (Å²) in [5.74, 6) is 0.460. The van der Waals surface area contributed by atoms with Crippen LogP contribution in [0.4, 0.5) is 0 Å². The van der Waals surface area contributed by atoms with Crippen LogP contribution in [0.1, 0.15) is 38.4 Å². The molecule has 1 aliphatic rings. The minimum absolute atomic E-state index is 0.194. The van der Waals surface area contributed by atoms with Crippen molar-refractivity contribution >= 4 is 9.84 Å². The highest BCUT2D eigenvalue weighted by molar-refractivity contribution is 7.91. The lowest BCUT2D eigenvalue weighted by Gasteiger charge is -2.25. The lowest BCUT2D eigenvalue weighted by atomic mass is 10.0. The molecule has 1 aromatic heterocycles. The molecule has 19 heavy (non-hydrogen) atoms. The number of aromatic nitrogens is 2. The highest BCUT2D eigenvalue weighted by Crippen LogP contribution is 2.31. The third-order valence-electron chi connectivity index (χ3n) is 3.81. The lowest BCUT2D eigenvalue weighted by molar-refractivity contribution is 0.321. The molecule has 0 saturated carbocycles. The van der Waals surface area contributed by atoms with Crippen molar-refractivity contribution in [3.63, 3.8) is 0 Å². The second kappa shape index (κ2) is 4.90. The molecule has 1 saturated heterocycles. The molecule has 0 aliphatic carbocycles. The van der Waals surface area contributed by atoms with E-state index < -0.39 is 9.84 Å². The Balaban J connectivity index is 2.23. The quantitative estimate of drug-likeness (QED) is 0.903. The molecule has 1 aromatic rings. The van der Waals surface area contributed by atoms with E-state index in [1.807, 2.05) is 24.7 Å². The fourth-order valence-electron chi connectivity index (χ4n) is 2.64. The van der Waals surface area contributed by atoms with E-state index in [9.17, 15) is 8.42 Å². The zero-order valence-electron chi connectivity index (χ0n) is 12.1. The number of hydrogen-bond acceptors (Lipinski definition) is 4. The van der Waals surface area contributed by atoms with Crippen molar-refractivity contribution in [3.8, 4) is 0 Å². The SMILES string of the molecule is Cc1c(CNC(C)C)cnn1C1(C)CCS(=O)(=O)C1. The van der Waals surface area contributed by atoms with Crippen LogP contribution < -0.4 is 5.32 Å². The van der Waals surface area contributed by atoms with Gasteiger partial charge in [0.2, 0.25) is 0 Å². The molecule has 0 aromatic carbocycles. The summed E-state index contributed by atoms with van der Waals surface area (Å²) in [6.07, 6.45) is 2.50. The largest absolute Gasteiger partial charge is 0.310 e. The van der Waals surface area contributed by atoms with Crippen LogP contribution in [0.25, 0.3) is 0 Å². The minimum Gasteiger partial charge on any atom is -0.310 e. The normalized spacial score (nSPS) is 26.2. The summed E-state index contributed by atoms with van der Waals surface area (Å²) in [5, 5.41) is 7.79. The molecule has 1 N–H and O–H groups in total. The molecule has 108 valence electrons. The number of hydrogen-bond donors (Lipinski definition) is 1. The van der Waals surface area contributed by atoms with E-state index in [1.165, 1.54) is 0 Å². The molecule has 5 nitrogen and oxygen atoms in total. The number of nitrogens with one attached hydrogen (secondary N) is 1. The molecule has 1 atom stereocenters. The molecule has 0 amide bonds. The van der Waals surface area contributed by atoms with Gasteiger partial charge in [-0.15, -0.1) is 0 Å². The Bertz CT molecular complexity index is 562. The Morgan fingerprint density at radius 1 is 1.53 bits per heavy atom. The van der Waals surface area contributed by atoms with Crippen LogP contribution in [0.5, 0.6) is 0 Å². The van der Waals surface area contributed by atoms with Gasteiger partial charge >= 0.3 is 0 Å². The lowest BCUT2D eigenvalue weighted by Crippen LogP contribution is -2.33. The molecular weight excluding hydrogens is 262 g/mol. The molecule has 1 aliphatic heterocycles. The van der Waals surface area contributed by atoms with Crippen LogP contribution in [0.3, 0.4) is 0 Å². The summed E-state index contributed by atoms with van der Waals surface area (Å²) in [4.78, 5) is 0. The van der Waals surface area contributed by atoms with Crippen LogP contribution in [0.15, 0.2) is 6.20 Å². The van der Waals surface area contributed by atoms with Crippen molar-refractivity contribution in [1.29, 1.82) is 0 Å². The van der Waals surface area contributed by atoms with E-state index in [0.717, 1.165) is 17.8 Å². The van der Waals surface area contributed by atoms with E-state index in [-0.39, 0.29) is 17.0 Å². The summed E-state index contributed by atoms with van der Waals surface area (Å²) in [7, 11) is -2.91. The van der Waals surface area contributed by atoms with Crippen molar-refractivity contribution in [1.82, 2.24) is 15.1 Å². The van der Waals surface area contributed by atoms with Gasteiger partial charge in [-0.3, -0.25) is 4.68 Å². The fourth-order valence-corrected chi connectivity index (χ4v) is 4.75. The first-order valence-corrected chi connectivity index (χ1v) is 8.53. The predicted octanol–water partition coefficient (Wildman–Crippen LogP) is 1.22. The summed E-state index contributed by atoms with van der Waals surface area (Å²) in [6, 6.07) is 0.421. The van der Waals surface area contributed by atoms with Crippen LogP contribution in [-0.4, -0.2) is 35.7 Å². The second-order valence-corrected chi connectivity index (χ2v) is 8.23. The third-order valence-corrected chi connectivity index (χ3v) is 5.69. The van der Waals surface area contributed by atoms with Gasteiger partial charge in [0.1, 0.15) is 0 Å². The number of sulfone groups is 1. The zero-order valence-corrected chi connectivity index (χ0v) is 12.9. The Labute approximate surface area is 115 Å². The molecule has 2 rings (SSSR count). The average Bonchev–Trinajstić information content (AvgIpc) is 2.78. The monoisotopic (exact) mass is 285 g/mol. The average molecular weight is 285 g/mol. The minimum atomic E-state index is -2.91. The van der Waals surface area contributed by atoms with E-state index in [1.54, 1.807) is 0 Å². The Morgan fingerprint density at radius 2 is 2.21 bits per heavy atom. The van der Waals surface area contributed by atoms with Crippen molar-refractivity contribution < 1.29 is 8.42 Å². The van der Waals surface area contributed by atoms with Gasteiger partial charge in [-0.1, -0.05) is 13.8 Å². The van der Waals surface area contributed by atoms with Crippen LogP contribution in [0, 0.1) is 6.92 Å². The number of rotatable bonds is 4. The zero-order chi connectivity index (χ0) is 14.3. The Hall–Kier alpha value is -0.880. The third kappa shape index (κ3) is 3.00. The van der Waals surface area contributed by atoms with E-state index in [2.05, 4.69) is 24.3 Å². The predicted molar refractivity (Wildman–Crippen MR) is 75.9 cm³/mol. The number of nitrogens with zero attached hydrogens (tertiary/aromatic N) is 2. The maximum absolute atomic E-state index is 11.7. The van der Waals surface area contributed by atoms with Crippen molar-refractivity contribution in [2.75, 3.05) is 11.5 Å². The van der Waals surface area contributed by atoms with Gasteiger partial charge in [-0.2, -0.15) is 5.10 Å². The van der Waals surface area contributed by atoms with E-state index >= 15 is 0 Å². The molecule has 1 fully saturated rings. The standard InChI is InChI=1S/C13H23N3O2S/c1-10(2)14-7-12-8-15-16(11(12)3)13(4)5-6-19(17,18)9-13/h8,10,14H,5-7,9H2,1-4H3. The maximum Gasteiger partial charge on any atom is 0.152 e. The van der Waals surface area contributed by atoms with E-state index in [0.29, 0.717) is 12.5 Å². The topological polar surface area (TPSA) is 64.0 Å². The van der Waals surface area contributed by atoms with Gasteiger partial charge in [0.15, 0.2) is 9.84 Å². The van der Waals surface area contributed by atoms with Crippen LogP contribution >= 0.6 is 0 Å². The van der Waals surface area contributed by atoms with E-state index in [4.69, 9.17) is 0 Å². The molecule has 0 radical (unpaired) electrons. The molecule has 0 spiro atoms. The first-order chi connectivity index (χ1) is 8.73. The highest BCUT2D eigenvalue weighted by atomic mass is 32.2. The molecular formula is C13H23N3O2S. The summed E-state index contributed by atoms with van der Waals surface area (Å²) < 4.78 is 25.3. The van der Waals surface area contributed by atoms with Crippen molar-refractivity contribution in [3.05, 3.63) is 17.5 Å². The molecule has 2 heterocycles. The molecule has 1 unspecified atom stereocenters. The summed E-state index contributed by atoms with van der Waals surface area (Å²) >= 11 is 0. The molecule has 6 heteroatoms. The van der Waals surface area contributed by atoms with Crippen molar-refractivity contribution in [2.24, 2.45) is 0 Å². The first-order valence-electron chi connectivity index (χ1n) is 6.71. The fraction of sp³-hybridized carbons (Fsp3) is 0.769. The van der Waals surface area contributed by atoms with Gasteiger partial charge < -0.3 is 5.32 Å². The summed E-state index contributed by atoms with van der Waals surface area (Å²) in [5.41, 5.74) is 1.81. The van der Waals surface area contributed by atoms with Gasteiger partial charge in [-0.25, -0.2) is 8.42 Å².